The third-order valence-electron chi connectivity index (χ3n) is 4.57. The first-order valence-corrected chi connectivity index (χ1v) is 8.81. The van der Waals surface area contributed by atoms with E-state index in [2.05, 4.69) is 20.8 Å². The number of hydrogen-bond acceptors (Lipinski definition) is 5. The number of tetrazole rings is 1. The summed E-state index contributed by atoms with van der Waals surface area (Å²) in [5.41, 5.74) is 1.89. The second-order valence-electron chi connectivity index (χ2n) is 6.49. The summed E-state index contributed by atoms with van der Waals surface area (Å²) in [5, 5.41) is 13.4. The highest BCUT2D eigenvalue weighted by Crippen LogP contribution is 2.20. The van der Waals surface area contributed by atoms with Crippen LogP contribution in [0.15, 0.2) is 48.8 Å². The van der Waals surface area contributed by atoms with E-state index in [9.17, 15) is 14.0 Å². The van der Waals surface area contributed by atoms with E-state index in [1.165, 1.54) is 29.2 Å². The molecule has 0 atom stereocenters. The lowest BCUT2D eigenvalue weighted by Gasteiger charge is -2.15. The minimum absolute atomic E-state index is 0.0322. The van der Waals surface area contributed by atoms with Gasteiger partial charge in [0.15, 0.2) is 0 Å². The Bertz CT molecular complexity index is 1000. The third-order valence-corrected chi connectivity index (χ3v) is 4.57. The van der Waals surface area contributed by atoms with Crippen molar-refractivity contribution in [3.63, 3.8) is 0 Å². The second kappa shape index (κ2) is 7.55. The summed E-state index contributed by atoms with van der Waals surface area (Å²) in [6.45, 7) is 1.29. The molecule has 1 fully saturated rings. The second-order valence-corrected chi connectivity index (χ2v) is 6.49. The standard InChI is InChI=1S/C19H17FN6O2/c20-16-8-7-15(26-12-21-23-24-26)10-17(16)22-19(28)14-5-3-13(4-6-14)11-25-9-1-2-18(25)27/h3-8,10,12H,1-2,9,11H2,(H,22,28). The predicted octanol–water partition coefficient (Wildman–Crippen LogP) is 2.18. The lowest BCUT2D eigenvalue weighted by Crippen LogP contribution is -2.23. The molecule has 9 heteroatoms. The lowest BCUT2D eigenvalue weighted by molar-refractivity contribution is -0.128. The normalized spacial score (nSPS) is 13.8. The van der Waals surface area contributed by atoms with Gasteiger partial charge < -0.3 is 10.2 Å². The number of amides is 2. The number of benzene rings is 2. The minimum Gasteiger partial charge on any atom is -0.338 e. The topological polar surface area (TPSA) is 93.0 Å². The van der Waals surface area contributed by atoms with Crippen molar-refractivity contribution in [3.05, 3.63) is 65.7 Å². The Hall–Kier alpha value is -3.62. The fourth-order valence-corrected chi connectivity index (χ4v) is 3.08. The minimum atomic E-state index is -0.561. The summed E-state index contributed by atoms with van der Waals surface area (Å²) >= 11 is 0. The van der Waals surface area contributed by atoms with Crippen molar-refractivity contribution >= 4 is 17.5 Å². The van der Waals surface area contributed by atoms with E-state index >= 15 is 0 Å². The Balaban J connectivity index is 1.46. The van der Waals surface area contributed by atoms with Crippen molar-refractivity contribution in [3.8, 4) is 5.69 Å². The summed E-state index contributed by atoms with van der Waals surface area (Å²) in [6, 6.07) is 11.1. The van der Waals surface area contributed by atoms with Crippen molar-refractivity contribution in [2.45, 2.75) is 19.4 Å². The van der Waals surface area contributed by atoms with Crippen LogP contribution >= 0.6 is 0 Å². The molecular weight excluding hydrogens is 363 g/mol. The molecule has 8 nitrogen and oxygen atoms in total. The molecule has 2 aromatic carbocycles. The summed E-state index contributed by atoms with van der Waals surface area (Å²) in [4.78, 5) is 26.0. The summed E-state index contributed by atoms with van der Waals surface area (Å²) < 4.78 is 15.5. The first kappa shape index (κ1) is 17.8. The highest BCUT2D eigenvalue weighted by Gasteiger charge is 2.20. The lowest BCUT2D eigenvalue weighted by atomic mass is 10.1. The number of anilines is 1. The molecule has 1 saturated heterocycles. The number of rotatable bonds is 5. The smallest absolute Gasteiger partial charge is 0.255 e. The van der Waals surface area contributed by atoms with Crippen LogP contribution < -0.4 is 5.32 Å². The van der Waals surface area contributed by atoms with Gasteiger partial charge in [0, 0.05) is 25.1 Å². The summed E-state index contributed by atoms with van der Waals surface area (Å²) in [5.74, 6) is -0.842. The Morgan fingerprint density at radius 3 is 2.68 bits per heavy atom. The fraction of sp³-hybridized carbons (Fsp3) is 0.211. The number of carbonyl (C=O) groups is 2. The predicted molar refractivity (Wildman–Crippen MR) is 98.2 cm³/mol. The highest BCUT2D eigenvalue weighted by atomic mass is 19.1. The quantitative estimate of drug-likeness (QED) is 0.732. The van der Waals surface area contributed by atoms with Crippen LogP contribution in [-0.2, 0) is 11.3 Å². The molecule has 3 aromatic rings. The molecule has 0 spiro atoms. The van der Waals surface area contributed by atoms with Crippen LogP contribution in [0, 0.1) is 5.82 Å². The van der Waals surface area contributed by atoms with E-state index in [1.54, 1.807) is 29.2 Å². The van der Waals surface area contributed by atoms with Crippen molar-refractivity contribution in [1.82, 2.24) is 25.1 Å². The monoisotopic (exact) mass is 380 g/mol. The molecule has 142 valence electrons. The number of nitrogens with zero attached hydrogens (tertiary/aromatic N) is 5. The van der Waals surface area contributed by atoms with Crippen LogP contribution in [0.1, 0.15) is 28.8 Å². The molecule has 2 amide bonds. The zero-order valence-electron chi connectivity index (χ0n) is 14.9. The van der Waals surface area contributed by atoms with Gasteiger partial charge in [-0.25, -0.2) is 9.07 Å². The SMILES string of the molecule is O=C(Nc1cc(-n2cnnn2)ccc1F)c1ccc(CN2CCCC2=O)cc1. The molecule has 1 N–H and O–H groups in total. The van der Waals surface area contributed by atoms with Crippen molar-refractivity contribution in [2.75, 3.05) is 11.9 Å². The Kier molecular flexibility index (Phi) is 4.79. The fourth-order valence-electron chi connectivity index (χ4n) is 3.08. The number of aromatic nitrogens is 4. The molecular formula is C19H17FN6O2. The Morgan fingerprint density at radius 1 is 1.18 bits per heavy atom. The summed E-state index contributed by atoms with van der Waals surface area (Å²) in [6.07, 6.45) is 2.85. The molecule has 0 bridgehead atoms. The van der Waals surface area contributed by atoms with Crippen LogP contribution in [0.3, 0.4) is 0 Å². The van der Waals surface area contributed by atoms with Gasteiger partial charge in [0.25, 0.3) is 5.91 Å². The molecule has 28 heavy (non-hydrogen) atoms. The number of nitrogens with one attached hydrogen (secondary N) is 1. The molecule has 1 aliphatic rings. The van der Waals surface area contributed by atoms with Gasteiger partial charge in [-0.3, -0.25) is 9.59 Å². The van der Waals surface area contributed by atoms with Gasteiger partial charge in [-0.15, -0.1) is 5.10 Å². The molecule has 1 aliphatic heterocycles. The van der Waals surface area contributed by atoms with Crippen LogP contribution in [0.4, 0.5) is 10.1 Å². The Labute approximate surface area is 160 Å². The largest absolute Gasteiger partial charge is 0.338 e. The van der Waals surface area contributed by atoms with Gasteiger partial charge in [-0.2, -0.15) is 0 Å². The average Bonchev–Trinajstić information content (AvgIpc) is 3.37. The molecule has 1 aromatic heterocycles. The molecule has 4 rings (SSSR count). The maximum Gasteiger partial charge on any atom is 0.255 e. The zero-order chi connectivity index (χ0) is 19.5. The first-order chi connectivity index (χ1) is 13.6. The number of carbonyl (C=O) groups excluding carboxylic acids is 2. The van der Waals surface area contributed by atoms with Gasteiger partial charge in [-0.1, -0.05) is 12.1 Å². The van der Waals surface area contributed by atoms with Gasteiger partial charge in [-0.05, 0) is 52.7 Å². The van der Waals surface area contributed by atoms with E-state index < -0.39 is 11.7 Å². The Morgan fingerprint density at radius 2 is 2.00 bits per heavy atom. The van der Waals surface area contributed by atoms with Gasteiger partial charge in [0.2, 0.25) is 5.91 Å². The average molecular weight is 380 g/mol. The van der Waals surface area contributed by atoms with E-state index in [4.69, 9.17) is 0 Å². The molecule has 0 aliphatic carbocycles. The van der Waals surface area contributed by atoms with E-state index in [1.807, 2.05) is 0 Å². The van der Waals surface area contributed by atoms with E-state index in [0.717, 1.165) is 18.5 Å². The van der Waals surface area contributed by atoms with Gasteiger partial charge >= 0.3 is 0 Å². The van der Waals surface area contributed by atoms with Crippen molar-refractivity contribution in [1.29, 1.82) is 0 Å². The van der Waals surface area contributed by atoms with Crippen molar-refractivity contribution in [2.24, 2.45) is 0 Å². The van der Waals surface area contributed by atoms with Gasteiger partial charge in [0.1, 0.15) is 12.1 Å². The van der Waals surface area contributed by atoms with Crippen LogP contribution in [0.2, 0.25) is 0 Å². The maximum atomic E-state index is 14.1. The highest BCUT2D eigenvalue weighted by molar-refractivity contribution is 6.04. The summed E-state index contributed by atoms with van der Waals surface area (Å²) in [7, 11) is 0. The first-order valence-electron chi connectivity index (χ1n) is 8.81. The van der Waals surface area contributed by atoms with E-state index in [-0.39, 0.29) is 11.6 Å². The number of halogens is 1. The third kappa shape index (κ3) is 3.73. The van der Waals surface area contributed by atoms with Gasteiger partial charge in [0.05, 0.1) is 11.4 Å². The zero-order valence-corrected chi connectivity index (χ0v) is 14.9. The maximum absolute atomic E-state index is 14.1. The molecule has 2 heterocycles. The molecule has 0 saturated carbocycles. The molecule has 0 radical (unpaired) electrons. The molecule has 0 unspecified atom stereocenters. The van der Waals surface area contributed by atoms with Crippen LogP contribution in [-0.4, -0.2) is 43.5 Å². The van der Waals surface area contributed by atoms with Crippen LogP contribution in [0.5, 0.6) is 0 Å². The number of likely N-dealkylation sites (tertiary alicyclic amines) is 1. The van der Waals surface area contributed by atoms with Crippen molar-refractivity contribution < 1.29 is 14.0 Å². The van der Waals surface area contributed by atoms with Crippen LogP contribution in [0.25, 0.3) is 5.69 Å². The number of hydrogen-bond donors (Lipinski definition) is 1. The van der Waals surface area contributed by atoms with E-state index in [0.29, 0.717) is 24.2 Å².